The maximum Gasteiger partial charge on any atom is 0.320 e. The van der Waals surface area contributed by atoms with Gasteiger partial charge in [-0.25, -0.2) is 0 Å². The van der Waals surface area contributed by atoms with Crippen LogP contribution in [0.5, 0.6) is 0 Å². The zero-order chi connectivity index (χ0) is 13.1. The molecule has 1 aromatic carbocycles. The smallest absolute Gasteiger partial charge is 0.320 e. The van der Waals surface area contributed by atoms with Crippen LogP contribution in [0.25, 0.3) is 0 Å². The molecule has 1 fully saturated rings. The molecule has 0 amide bonds. The van der Waals surface area contributed by atoms with Gasteiger partial charge in [0.1, 0.15) is 6.04 Å². The number of benzene rings is 1. The molecule has 18 heavy (non-hydrogen) atoms. The average molecular weight is 288 g/mol. The van der Waals surface area contributed by atoms with Crippen LogP contribution < -0.4 is 5.32 Å². The predicted molar refractivity (Wildman–Crippen MR) is 72.4 cm³/mol. The van der Waals surface area contributed by atoms with Gasteiger partial charge in [0.05, 0.1) is 10.0 Å². The summed E-state index contributed by atoms with van der Waals surface area (Å²) in [6.45, 7) is 0. The Bertz CT molecular complexity index is 451. The summed E-state index contributed by atoms with van der Waals surface area (Å²) in [5.41, 5.74) is 0.965. The molecular formula is C13H15Cl2NO2. The fraction of sp³-hybridized carbons (Fsp3) is 0.462. The number of nitrogens with one attached hydrogen (secondary N) is 1. The fourth-order valence-electron chi connectivity index (χ4n) is 2.35. The van der Waals surface area contributed by atoms with Crippen molar-refractivity contribution in [3.63, 3.8) is 0 Å². The molecule has 0 saturated carbocycles. The molecule has 0 aliphatic carbocycles. The second kappa shape index (κ2) is 5.91. The Balaban J connectivity index is 2.05. The van der Waals surface area contributed by atoms with Gasteiger partial charge in [-0.1, -0.05) is 35.3 Å². The van der Waals surface area contributed by atoms with Gasteiger partial charge in [0.2, 0.25) is 0 Å². The summed E-state index contributed by atoms with van der Waals surface area (Å²) in [4.78, 5) is 11.0. The molecule has 0 radical (unpaired) electrons. The first kappa shape index (κ1) is 13.7. The van der Waals surface area contributed by atoms with Gasteiger partial charge in [-0.2, -0.15) is 0 Å². The second-order valence-corrected chi connectivity index (χ2v) is 5.39. The van der Waals surface area contributed by atoms with Gasteiger partial charge < -0.3 is 10.4 Å². The molecule has 3 nitrogen and oxygen atoms in total. The van der Waals surface area contributed by atoms with Crippen molar-refractivity contribution in [2.24, 2.45) is 0 Å². The van der Waals surface area contributed by atoms with Crippen LogP contribution in [-0.2, 0) is 11.2 Å². The van der Waals surface area contributed by atoms with Crippen LogP contribution in [0.2, 0.25) is 10.0 Å². The monoisotopic (exact) mass is 287 g/mol. The van der Waals surface area contributed by atoms with Crippen molar-refractivity contribution < 1.29 is 9.90 Å². The highest BCUT2D eigenvalue weighted by molar-refractivity contribution is 6.42. The van der Waals surface area contributed by atoms with Crippen LogP contribution in [0.15, 0.2) is 18.2 Å². The minimum Gasteiger partial charge on any atom is -0.480 e. The van der Waals surface area contributed by atoms with E-state index in [1.54, 1.807) is 6.07 Å². The molecule has 0 bridgehead atoms. The van der Waals surface area contributed by atoms with Gasteiger partial charge in [0, 0.05) is 6.04 Å². The van der Waals surface area contributed by atoms with E-state index in [0.717, 1.165) is 18.4 Å². The number of halogens is 2. The van der Waals surface area contributed by atoms with E-state index in [9.17, 15) is 4.79 Å². The summed E-state index contributed by atoms with van der Waals surface area (Å²) in [7, 11) is 0. The molecule has 1 aliphatic rings. The molecule has 98 valence electrons. The number of piperidine rings is 1. The molecule has 1 saturated heterocycles. The third kappa shape index (κ3) is 3.16. The van der Waals surface area contributed by atoms with Crippen LogP contribution in [0.3, 0.4) is 0 Å². The van der Waals surface area contributed by atoms with Crippen molar-refractivity contribution in [3.8, 4) is 0 Å². The molecule has 1 aromatic rings. The molecule has 0 aromatic heterocycles. The highest BCUT2D eigenvalue weighted by atomic mass is 35.5. The summed E-state index contributed by atoms with van der Waals surface area (Å²) in [6.07, 6.45) is 3.29. The first-order chi connectivity index (χ1) is 8.58. The Morgan fingerprint density at radius 2 is 2.17 bits per heavy atom. The summed E-state index contributed by atoms with van der Waals surface area (Å²) in [6, 6.07) is 5.25. The van der Waals surface area contributed by atoms with Crippen molar-refractivity contribution in [2.75, 3.05) is 0 Å². The quantitative estimate of drug-likeness (QED) is 0.898. The zero-order valence-electron chi connectivity index (χ0n) is 9.83. The van der Waals surface area contributed by atoms with Gasteiger partial charge >= 0.3 is 5.97 Å². The number of aliphatic carboxylic acids is 1. The Hall–Kier alpha value is -0.770. The summed E-state index contributed by atoms with van der Waals surface area (Å²) in [5.74, 6) is -0.781. The number of hydrogen-bond acceptors (Lipinski definition) is 2. The molecular weight excluding hydrogens is 273 g/mol. The predicted octanol–water partition coefficient (Wildman–Crippen LogP) is 3.13. The van der Waals surface area contributed by atoms with Crippen LogP contribution in [0.4, 0.5) is 0 Å². The van der Waals surface area contributed by atoms with E-state index >= 15 is 0 Å². The third-order valence-corrected chi connectivity index (χ3v) is 4.14. The third-order valence-electron chi connectivity index (χ3n) is 3.28. The fourth-order valence-corrected chi connectivity index (χ4v) is 2.74. The van der Waals surface area contributed by atoms with Gasteiger partial charge in [-0.15, -0.1) is 0 Å². The van der Waals surface area contributed by atoms with E-state index in [0.29, 0.717) is 22.9 Å². The second-order valence-electron chi connectivity index (χ2n) is 4.60. The molecule has 0 spiro atoms. The van der Waals surface area contributed by atoms with Gasteiger partial charge in [-0.3, -0.25) is 4.79 Å². The normalized spacial score (nSPS) is 23.9. The number of rotatable bonds is 3. The molecule has 2 rings (SSSR count). The van der Waals surface area contributed by atoms with Crippen molar-refractivity contribution in [1.29, 1.82) is 0 Å². The van der Waals surface area contributed by atoms with Crippen LogP contribution in [0.1, 0.15) is 24.8 Å². The van der Waals surface area contributed by atoms with Crippen LogP contribution in [0, 0.1) is 0 Å². The lowest BCUT2D eigenvalue weighted by atomic mass is 9.94. The molecule has 1 aliphatic heterocycles. The largest absolute Gasteiger partial charge is 0.480 e. The lowest BCUT2D eigenvalue weighted by Crippen LogP contribution is -2.47. The van der Waals surface area contributed by atoms with Crippen molar-refractivity contribution in [1.82, 2.24) is 5.32 Å². The topological polar surface area (TPSA) is 49.3 Å². The SMILES string of the molecule is O=C(O)C1CCCC(Cc2cccc(Cl)c2Cl)N1. The van der Waals surface area contributed by atoms with Crippen LogP contribution >= 0.6 is 23.2 Å². The molecule has 5 heteroatoms. The van der Waals surface area contributed by atoms with Crippen molar-refractivity contribution in [2.45, 2.75) is 37.8 Å². The highest BCUT2D eigenvalue weighted by Crippen LogP contribution is 2.27. The van der Waals surface area contributed by atoms with E-state index in [2.05, 4.69) is 5.32 Å². The lowest BCUT2D eigenvalue weighted by Gasteiger charge is -2.28. The molecule has 2 unspecified atom stereocenters. The molecule has 2 atom stereocenters. The number of carboxylic acids is 1. The summed E-state index contributed by atoms with van der Waals surface area (Å²) in [5, 5.41) is 13.3. The van der Waals surface area contributed by atoms with Crippen molar-refractivity contribution >= 4 is 29.2 Å². The Labute approximate surface area is 116 Å². The first-order valence-electron chi connectivity index (χ1n) is 5.99. The maximum atomic E-state index is 11.0. The highest BCUT2D eigenvalue weighted by Gasteiger charge is 2.26. The van der Waals surface area contributed by atoms with E-state index in [4.69, 9.17) is 28.3 Å². The Kier molecular flexibility index (Phi) is 4.49. The lowest BCUT2D eigenvalue weighted by molar-refractivity contribution is -0.140. The minimum absolute atomic E-state index is 0.149. The van der Waals surface area contributed by atoms with Crippen LogP contribution in [-0.4, -0.2) is 23.2 Å². The molecule has 1 heterocycles. The van der Waals surface area contributed by atoms with E-state index < -0.39 is 12.0 Å². The Morgan fingerprint density at radius 1 is 1.39 bits per heavy atom. The number of carboxylic acid groups (broad SMARTS) is 1. The first-order valence-corrected chi connectivity index (χ1v) is 6.75. The molecule has 2 N–H and O–H groups in total. The van der Waals surface area contributed by atoms with Gasteiger partial charge in [0.15, 0.2) is 0 Å². The zero-order valence-corrected chi connectivity index (χ0v) is 11.3. The van der Waals surface area contributed by atoms with Crippen molar-refractivity contribution in [3.05, 3.63) is 33.8 Å². The van der Waals surface area contributed by atoms with E-state index in [1.165, 1.54) is 0 Å². The van der Waals surface area contributed by atoms with Gasteiger partial charge in [-0.05, 0) is 37.3 Å². The Morgan fingerprint density at radius 3 is 2.89 bits per heavy atom. The van der Waals surface area contributed by atoms with E-state index in [-0.39, 0.29) is 6.04 Å². The number of carbonyl (C=O) groups is 1. The summed E-state index contributed by atoms with van der Waals surface area (Å²) < 4.78 is 0. The number of hydrogen-bond donors (Lipinski definition) is 2. The van der Waals surface area contributed by atoms with Gasteiger partial charge in [0.25, 0.3) is 0 Å². The average Bonchev–Trinajstić information content (AvgIpc) is 2.35. The maximum absolute atomic E-state index is 11.0. The summed E-state index contributed by atoms with van der Waals surface area (Å²) >= 11 is 12.1. The van der Waals surface area contributed by atoms with E-state index in [1.807, 2.05) is 12.1 Å². The standard InChI is InChI=1S/C13H15Cl2NO2/c14-10-5-1-3-8(12(10)15)7-9-4-2-6-11(16-9)13(17)18/h1,3,5,9,11,16H,2,4,6-7H2,(H,17,18). The minimum atomic E-state index is -0.781.